The van der Waals surface area contributed by atoms with Gasteiger partial charge in [0.2, 0.25) is 0 Å². The number of esters is 1. The molecule has 1 heterocycles. The average molecular weight is 425 g/mol. The lowest BCUT2D eigenvalue weighted by molar-refractivity contribution is -0.384. The van der Waals surface area contributed by atoms with Crippen molar-refractivity contribution >= 4 is 45.2 Å². The van der Waals surface area contributed by atoms with Crippen LogP contribution in [0.15, 0.2) is 53.5 Å². The molecule has 0 aliphatic carbocycles. The Morgan fingerprint density at radius 1 is 1.20 bits per heavy atom. The average Bonchev–Trinajstić information content (AvgIpc) is 3.08. The summed E-state index contributed by atoms with van der Waals surface area (Å²) in [4.78, 5) is 39.2. The van der Waals surface area contributed by atoms with Crippen LogP contribution >= 0.6 is 11.3 Å². The zero-order valence-corrected chi connectivity index (χ0v) is 17.2. The largest absolute Gasteiger partial charge is 0.462 e. The Morgan fingerprint density at radius 3 is 2.57 bits per heavy atom. The molecule has 0 atom stereocenters. The minimum atomic E-state index is -0.480. The first-order valence-corrected chi connectivity index (χ1v) is 10.1. The number of nitrogens with zero attached hydrogens (tertiary/aromatic N) is 3. The second-order valence-corrected chi connectivity index (χ2v) is 7.17. The Balaban J connectivity index is 1.89. The fourth-order valence-corrected chi connectivity index (χ4v) is 3.95. The number of hydrogen-bond acceptors (Lipinski definition) is 6. The van der Waals surface area contributed by atoms with Crippen molar-refractivity contribution in [2.24, 2.45) is 4.99 Å². The third-order valence-corrected chi connectivity index (χ3v) is 5.28. The topological polar surface area (TPSA) is 104 Å². The van der Waals surface area contributed by atoms with Crippen LogP contribution in [0.3, 0.4) is 0 Å². The number of hydrogen-bond donors (Lipinski definition) is 0. The van der Waals surface area contributed by atoms with E-state index in [1.54, 1.807) is 37.3 Å². The number of nitro groups is 1. The van der Waals surface area contributed by atoms with Crippen LogP contribution in [0, 0.1) is 10.1 Å². The number of thiazole rings is 1. The summed E-state index contributed by atoms with van der Waals surface area (Å²) in [6, 6.07) is 11.1. The van der Waals surface area contributed by atoms with E-state index in [1.807, 2.05) is 17.6 Å². The van der Waals surface area contributed by atoms with Gasteiger partial charge in [0, 0.05) is 24.8 Å². The summed E-state index contributed by atoms with van der Waals surface area (Å²) in [6.07, 6.45) is 2.87. The molecule has 1 amide bonds. The van der Waals surface area contributed by atoms with E-state index in [9.17, 15) is 19.7 Å². The van der Waals surface area contributed by atoms with Crippen molar-refractivity contribution < 1.29 is 19.2 Å². The van der Waals surface area contributed by atoms with Gasteiger partial charge in [-0.3, -0.25) is 14.9 Å². The normalized spacial score (nSPS) is 11.9. The summed E-state index contributed by atoms with van der Waals surface area (Å²) >= 11 is 1.31. The molecule has 0 fully saturated rings. The molecule has 0 saturated carbocycles. The number of aromatic nitrogens is 1. The molecule has 3 aromatic rings. The van der Waals surface area contributed by atoms with Crippen LogP contribution in [0.5, 0.6) is 0 Å². The molecule has 9 heteroatoms. The highest BCUT2D eigenvalue weighted by molar-refractivity contribution is 7.16. The van der Waals surface area contributed by atoms with Gasteiger partial charge in [0.25, 0.3) is 11.6 Å². The van der Waals surface area contributed by atoms with Crippen LogP contribution in [0.2, 0.25) is 0 Å². The maximum Gasteiger partial charge on any atom is 0.338 e. The number of amides is 1. The Hall–Kier alpha value is -3.59. The lowest BCUT2D eigenvalue weighted by atomic mass is 10.2. The number of aryl methyl sites for hydroxylation is 1. The molecule has 0 N–H and O–H groups in total. The quantitative estimate of drug-likeness (QED) is 0.257. The molecule has 0 spiro atoms. The molecular weight excluding hydrogens is 406 g/mol. The Bertz CT molecular complexity index is 1210. The summed E-state index contributed by atoms with van der Waals surface area (Å²) in [6.45, 7) is 4.60. The number of ether oxygens (including phenoxy) is 1. The molecule has 0 unspecified atom stereocenters. The molecule has 3 rings (SSSR count). The van der Waals surface area contributed by atoms with Crippen LogP contribution in [0.4, 0.5) is 5.69 Å². The first-order valence-electron chi connectivity index (χ1n) is 9.24. The molecule has 0 bridgehead atoms. The number of nitro benzene ring substituents is 1. The van der Waals surface area contributed by atoms with Gasteiger partial charge in [-0.2, -0.15) is 4.99 Å². The van der Waals surface area contributed by atoms with Crippen molar-refractivity contribution in [3.05, 3.63) is 74.6 Å². The van der Waals surface area contributed by atoms with Crippen molar-refractivity contribution in [3.8, 4) is 0 Å². The first-order chi connectivity index (χ1) is 14.4. The molecule has 0 aliphatic rings. The number of non-ortho nitro benzene ring substituents is 1. The maximum atomic E-state index is 12.3. The summed E-state index contributed by atoms with van der Waals surface area (Å²) in [7, 11) is 0. The van der Waals surface area contributed by atoms with E-state index in [0.29, 0.717) is 29.1 Å². The number of carbonyl (C=O) groups is 2. The van der Waals surface area contributed by atoms with Crippen molar-refractivity contribution in [1.29, 1.82) is 0 Å². The van der Waals surface area contributed by atoms with E-state index < -0.39 is 16.8 Å². The van der Waals surface area contributed by atoms with Gasteiger partial charge in [-0.1, -0.05) is 11.3 Å². The van der Waals surface area contributed by atoms with E-state index in [1.165, 1.54) is 29.5 Å². The summed E-state index contributed by atoms with van der Waals surface area (Å²) in [5.74, 6) is -0.843. The van der Waals surface area contributed by atoms with Crippen molar-refractivity contribution in [2.75, 3.05) is 6.61 Å². The molecule has 0 saturated heterocycles. The maximum absolute atomic E-state index is 12.3. The number of rotatable bonds is 6. The minimum absolute atomic E-state index is 0.0142. The van der Waals surface area contributed by atoms with Crippen molar-refractivity contribution in [1.82, 2.24) is 4.57 Å². The number of carbonyl (C=O) groups excluding carboxylic acids is 2. The highest BCUT2D eigenvalue weighted by atomic mass is 32.1. The van der Waals surface area contributed by atoms with Crippen LogP contribution in [0.25, 0.3) is 16.3 Å². The van der Waals surface area contributed by atoms with Crippen LogP contribution in [0.1, 0.15) is 29.8 Å². The van der Waals surface area contributed by atoms with Gasteiger partial charge in [0.15, 0.2) is 4.80 Å². The fraction of sp³-hybridized carbons (Fsp3) is 0.190. The SMILES string of the molecule is CCOC(=O)c1ccc2c(c1)sc(=NC(=O)/C=C/c1ccc([N+](=O)[O-])cc1)n2CC. The Labute approximate surface area is 175 Å². The predicted molar refractivity (Wildman–Crippen MR) is 114 cm³/mol. The zero-order valence-electron chi connectivity index (χ0n) is 16.4. The molecule has 30 heavy (non-hydrogen) atoms. The van der Waals surface area contributed by atoms with Crippen LogP contribution in [-0.4, -0.2) is 28.0 Å². The van der Waals surface area contributed by atoms with Gasteiger partial charge in [0.05, 0.1) is 27.3 Å². The summed E-state index contributed by atoms with van der Waals surface area (Å²) in [5, 5.41) is 10.7. The molecule has 1 aromatic heterocycles. The molecule has 2 aromatic carbocycles. The number of fused-ring (bicyclic) bond motifs is 1. The second-order valence-electron chi connectivity index (χ2n) is 6.16. The van der Waals surface area contributed by atoms with Crippen molar-refractivity contribution in [2.45, 2.75) is 20.4 Å². The Kier molecular flexibility index (Phi) is 6.53. The summed E-state index contributed by atoms with van der Waals surface area (Å²) in [5.41, 5.74) is 1.97. The fourth-order valence-electron chi connectivity index (χ4n) is 2.81. The van der Waals surface area contributed by atoms with Gasteiger partial charge in [-0.15, -0.1) is 0 Å². The summed E-state index contributed by atoms with van der Waals surface area (Å²) < 4.78 is 7.76. The van der Waals surface area contributed by atoms with Crippen LogP contribution < -0.4 is 4.80 Å². The van der Waals surface area contributed by atoms with Gasteiger partial charge in [-0.25, -0.2) is 4.79 Å². The minimum Gasteiger partial charge on any atom is -0.462 e. The third kappa shape index (κ3) is 4.69. The lowest BCUT2D eigenvalue weighted by Crippen LogP contribution is -2.15. The first kappa shape index (κ1) is 21.1. The smallest absolute Gasteiger partial charge is 0.338 e. The molecule has 8 nitrogen and oxygen atoms in total. The van der Waals surface area contributed by atoms with Crippen LogP contribution in [-0.2, 0) is 16.1 Å². The van der Waals surface area contributed by atoms with E-state index >= 15 is 0 Å². The number of benzene rings is 2. The Morgan fingerprint density at radius 2 is 1.93 bits per heavy atom. The third-order valence-electron chi connectivity index (χ3n) is 4.24. The second kappa shape index (κ2) is 9.27. The van der Waals surface area contributed by atoms with Gasteiger partial charge in [0.1, 0.15) is 0 Å². The van der Waals surface area contributed by atoms with E-state index in [2.05, 4.69) is 4.99 Å². The molecule has 0 aliphatic heterocycles. The zero-order chi connectivity index (χ0) is 21.7. The molecular formula is C21H19N3O5S. The lowest BCUT2D eigenvalue weighted by Gasteiger charge is -2.03. The monoisotopic (exact) mass is 425 g/mol. The van der Waals surface area contributed by atoms with Gasteiger partial charge in [-0.05, 0) is 55.8 Å². The molecule has 154 valence electrons. The standard InChI is InChI=1S/C21H19N3O5S/c1-3-23-17-11-8-15(20(26)29-4-2)13-18(17)30-21(23)22-19(25)12-7-14-5-9-16(10-6-14)24(27)28/h5-13H,3-4H2,1-2H3/b12-7+,22-21?. The van der Waals surface area contributed by atoms with E-state index in [-0.39, 0.29) is 5.69 Å². The van der Waals surface area contributed by atoms with E-state index in [0.717, 1.165) is 10.2 Å². The predicted octanol–water partition coefficient (Wildman–Crippen LogP) is 3.95. The van der Waals surface area contributed by atoms with Crippen molar-refractivity contribution in [3.63, 3.8) is 0 Å². The molecule has 0 radical (unpaired) electrons. The van der Waals surface area contributed by atoms with E-state index in [4.69, 9.17) is 4.74 Å². The highest BCUT2D eigenvalue weighted by Crippen LogP contribution is 2.20. The highest BCUT2D eigenvalue weighted by Gasteiger charge is 2.11. The van der Waals surface area contributed by atoms with Gasteiger partial charge >= 0.3 is 5.97 Å². The van der Waals surface area contributed by atoms with Gasteiger partial charge < -0.3 is 9.30 Å².